The summed E-state index contributed by atoms with van der Waals surface area (Å²) in [7, 11) is 1.83. The first-order valence-electron chi connectivity index (χ1n) is 4.26. The van der Waals surface area contributed by atoms with Crippen LogP contribution in [0.4, 0.5) is 0 Å². The summed E-state index contributed by atoms with van der Waals surface area (Å²) in [6.45, 7) is 5.18. The van der Waals surface area contributed by atoms with Crippen LogP contribution in [0.15, 0.2) is 0 Å². The van der Waals surface area contributed by atoms with Crippen molar-refractivity contribution in [1.29, 1.82) is 0 Å². The van der Waals surface area contributed by atoms with Crippen molar-refractivity contribution < 1.29 is 4.65 Å². The number of hydrogen-bond donors (Lipinski definition) is 0. The minimum absolute atomic E-state index is 0.562. The molecule has 1 atom stereocenters. The topological polar surface area (TPSA) is 9.23 Å². The lowest BCUT2D eigenvalue weighted by Crippen LogP contribution is -2.11. The van der Waals surface area contributed by atoms with Gasteiger partial charge in [0.05, 0.1) is 0 Å². The SMILES string of the molecule is COB1CCC(C(C)C)C1. The molecule has 1 unspecified atom stereocenters. The van der Waals surface area contributed by atoms with E-state index in [0.717, 1.165) is 11.8 Å². The minimum atomic E-state index is 0.562. The fraction of sp³-hybridized carbons (Fsp3) is 1.00. The summed E-state index contributed by atoms with van der Waals surface area (Å²) in [6, 6.07) is 0. The highest BCUT2D eigenvalue weighted by molar-refractivity contribution is 6.52. The van der Waals surface area contributed by atoms with E-state index in [1.807, 2.05) is 7.11 Å². The second-order valence-electron chi connectivity index (χ2n) is 3.67. The molecule has 2 heteroatoms. The van der Waals surface area contributed by atoms with Crippen LogP contribution < -0.4 is 0 Å². The molecule has 0 aromatic rings. The second-order valence-corrected chi connectivity index (χ2v) is 3.67. The Morgan fingerprint density at radius 1 is 1.50 bits per heavy atom. The number of rotatable bonds is 2. The summed E-state index contributed by atoms with van der Waals surface area (Å²) in [6.07, 6.45) is 3.93. The quantitative estimate of drug-likeness (QED) is 0.534. The van der Waals surface area contributed by atoms with Crippen molar-refractivity contribution in [2.45, 2.75) is 32.9 Å². The highest BCUT2D eigenvalue weighted by Crippen LogP contribution is 2.32. The van der Waals surface area contributed by atoms with Gasteiger partial charge in [-0.05, 0) is 24.5 Å². The molecule has 1 heterocycles. The lowest BCUT2D eigenvalue weighted by atomic mass is 9.65. The van der Waals surface area contributed by atoms with Gasteiger partial charge in [0.2, 0.25) is 0 Å². The maximum absolute atomic E-state index is 5.29. The molecule has 0 bridgehead atoms. The molecule has 1 nitrogen and oxygen atoms in total. The average molecular weight is 140 g/mol. The van der Waals surface area contributed by atoms with E-state index in [4.69, 9.17) is 4.65 Å². The molecule has 1 aliphatic rings. The second kappa shape index (κ2) is 3.43. The monoisotopic (exact) mass is 140 g/mol. The molecule has 0 N–H and O–H groups in total. The van der Waals surface area contributed by atoms with Crippen LogP contribution in [0.3, 0.4) is 0 Å². The largest absolute Gasteiger partial charge is 0.438 e. The summed E-state index contributed by atoms with van der Waals surface area (Å²) in [5.74, 6) is 1.77. The molecular formula is C8H17BO. The van der Waals surface area contributed by atoms with Gasteiger partial charge in [-0.2, -0.15) is 0 Å². The first kappa shape index (κ1) is 8.12. The smallest absolute Gasteiger partial charge is 0.292 e. The van der Waals surface area contributed by atoms with Crippen LogP contribution in [-0.2, 0) is 4.65 Å². The molecule has 10 heavy (non-hydrogen) atoms. The van der Waals surface area contributed by atoms with Crippen molar-refractivity contribution >= 4 is 6.92 Å². The molecule has 0 aromatic carbocycles. The maximum atomic E-state index is 5.29. The molecule has 0 spiro atoms. The van der Waals surface area contributed by atoms with E-state index in [0.29, 0.717) is 6.92 Å². The fourth-order valence-corrected chi connectivity index (χ4v) is 1.79. The van der Waals surface area contributed by atoms with Gasteiger partial charge in [-0.1, -0.05) is 20.3 Å². The predicted molar refractivity (Wildman–Crippen MR) is 45.3 cm³/mol. The van der Waals surface area contributed by atoms with E-state index >= 15 is 0 Å². The van der Waals surface area contributed by atoms with E-state index < -0.39 is 0 Å². The highest BCUT2D eigenvalue weighted by atomic mass is 16.4. The highest BCUT2D eigenvalue weighted by Gasteiger charge is 2.29. The Balaban J connectivity index is 2.28. The fourth-order valence-electron chi connectivity index (χ4n) is 1.79. The molecule has 0 aliphatic carbocycles. The summed E-state index contributed by atoms with van der Waals surface area (Å²) in [5.41, 5.74) is 0. The van der Waals surface area contributed by atoms with Crippen LogP contribution in [0.25, 0.3) is 0 Å². The normalized spacial score (nSPS) is 26.4. The maximum Gasteiger partial charge on any atom is 0.292 e. The third-order valence-electron chi connectivity index (χ3n) is 2.70. The summed E-state index contributed by atoms with van der Waals surface area (Å²) >= 11 is 0. The van der Waals surface area contributed by atoms with Gasteiger partial charge >= 0.3 is 0 Å². The zero-order valence-electron chi connectivity index (χ0n) is 7.26. The van der Waals surface area contributed by atoms with Crippen LogP contribution in [-0.4, -0.2) is 14.0 Å². The third-order valence-corrected chi connectivity index (χ3v) is 2.70. The van der Waals surface area contributed by atoms with Crippen LogP contribution in [0, 0.1) is 11.8 Å². The van der Waals surface area contributed by atoms with Crippen molar-refractivity contribution in [2.75, 3.05) is 7.11 Å². The van der Waals surface area contributed by atoms with Gasteiger partial charge in [0, 0.05) is 7.11 Å². The molecule has 1 rings (SSSR count). The van der Waals surface area contributed by atoms with Gasteiger partial charge in [0.25, 0.3) is 6.92 Å². The van der Waals surface area contributed by atoms with Gasteiger partial charge in [0.1, 0.15) is 0 Å². The Labute approximate surface area is 64.3 Å². The first-order chi connectivity index (χ1) is 4.74. The van der Waals surface area contributed by atoms with E-state index in [1.54, 1.807) is 0 Å². The van der Waals surface area contributed by atoms with Crippen molar-refractivity contribution in [3.05, 3.63) is 0 Å². The minimum Gasteiger partial charge on any atom is -0.438 e. The lowest BCUT2D eigenvalue weighted by molar-refractivity contribution is 0.403. The standard InChI is InChI=1S/C8H17BO/c1-7(2)8-4-5-9(6-8)10-3/h7-8H,4-6H2,1-3H3. The van der Waals surface area contributed by atoms with Crippen molar-refractivity contribution in [3.63, 3.8) is 0 Å². The molecule has 1 aliphatic heterocycles. The van der Waals surface area contributed by atoms with Crippen LogP contribution >= 0.6 is 0 Å². The molecular weight excluding hydrogens is 123 g/mol. The van der Waals surface area contributed by atoms with Crippen LogP contribution in [0.1, 0.15) is 20.3 Å². The van der Waals surface area contributed by atoms with E-state index in [-0.39, 0.29) is 0 Å². The molecule has 0 amide bonds. The Bertz CT molecular complexity index is 103. The molecule has 0 aromatic heterocycles. The molecule has 0 saturated carbocycles. The van der Waals surface area contributed by atoms with Crippen molar-refractivity contribution in [2.24, 2.45) is 11.8 Å². The summed E-state index contributed by atoms with van der Waals surface area (Å²) in [4.78, 5) is 0. The molecule has 58 valence electrons. The molecule has 0 radical (unpaired) electrons. The first-order valence-corrected chi connectivity index (χ1v) is 4.26. The summed E-state index contributed by atoms with van der Waals surface area (Å²) < 4.78 is 5.29. The van der Waals surface area contributed by atoms with E-state index in [9.17, 15) is 0 Å². The Kier molecular flexibility index (Phi) is 2.78. The van der Waals surface area contributed by atoms with Gasteiger partial charge in [-0.15, -0.1) is 0 Å². The van der Waals surface area contributed by atoms with Crippen molar-refractivity contribution in [1.82, 2.24) is 0 Å². The van der Waals surface area contributed by atoms with Crippen LogP contribution in [0.2, 0.25) is 12.6 Å². The van der Waals surface area contributed by atoms with Gasteiger partial charge in [-0.25, -0.2) is 0 Å². The van der Waals surface area contributed by atoms with E-state index in [2.05, 4.69) is 13.8 Å². The van der Waals surface area contributed by atoms with Crippen LogP contribution in [0.5, 0.6) is 0 Å². The molecule has 1 fully saturated rings. The summed E-state index contributed by atoms with van der Waals surface area (Å²) in [5, 5.41) is 0. The third kappa shape index (κ3) is 1.75. The lowest BCUT2D eigenvalue weighted by Gasteiger charge is -2.12. The zero-order valence-corrected chi connectivity index (χ0v) is 7.26. The predicted octanol–water partition coefficient (Wildman–Crippen LogP) is 2.30. The van der Waals surface area contributed by atoms with Crippen molar-refractivity contribution in [3.8, 4) is 0 Å². The zero-order chi connectivity index (χ0) is 7.56. The number of hydrogen-bond acceptors (Lipinski definition) is 1. The Morgan fingerprint density at radius 2 is 2.20 bits per heavy atom. The van der Waals surface area contributed by atoms with Gasteiger partial charge in [-0.3, -0.25) is 0 Å². The molecule has 1 saturated heterocycles. The van der Waals surface area contributed by atoms with Gasteiger partial charge < -0.3 is 4.65 Å². The van der Waals surface area contributed by atoms with Gasteiger partial charge in [0.15, 0.2) is 0 Å². The Hall–Kier alpha value is 0.0249. The average Bonchev–Trinajstić information content (AvgIpc) is 2.34. The Morgan fingerprint density at radius 3 is 2.50 bits per heavy atom. The van der Waals surface area contributed by atoms with E-state index in [1.165, 1.54) is 19.1 Å².